The number of carbonyl (C=O) groups is 1. The Morgan fingerprint density at radius 1 is 1.57 bits per heavy atom. The van der Waals surface area contributed by atoms with E-state index >= 15 is 0 Å². The molecule has 76 valence electrons. The van der Waals surface area contributed by atoms with Gasteiger partial charge in [0.15, 0.2) is 0 Å². The van der Waals surface area contributed by atoms with Crippen LogP contribution in [0.3, 0.4) is 0 Å². The van der Waals surface area contributed by atoms with Gasteiger partial charge in [0.25, 0.3) is 0 Å². The number of benzene rings is 1. The van der Waals surface area contributed by atoms with E-state index in [0.717, 1.165) is 0 Å². The Bertz CT molecular complexity index is 365. The number of nitrogens with one attached hydrogen (secondary N) is 1. The lowest BCUT2D eigenvalue weighted by atomic mass is 10.3. The highest BCUT2D eigenvalue weighted by atomic mass is 16.6. The molecule has 1 aromatic carbocycles. The predicted molar refractivity (Wildman–Crippen MR) is 56.3 cm³/mol. The topological polar surface area (TPSA) is 38.3 Å². The predicted octanol–water partition coefficient (Wildman–Crippen LogP) is 3.03. The summed E-state index contributed by atoms with van der Waals surface area (Å²) in [5.74, 6) is 0. The number of amides is 1. The smallest absolute Gasteiger partial charge is 0.411 e. The maximum absolute atomic E-state index is 11.4. The summed E-state index contributed by atoms with van der Waals surface area (Å²) in [7, 11) is 0. The monoisotopic (exact) mass is 196 g/mol. The molecule has 0 heterocycles. The molecule has 0 radical (unpaired) electrons. The molecule has 0 aromatic heterocycles. The zero-order chi connectivity index (χ0) is 12.9. The van der Waals surface area contributed by atoms with Crippen LogP contribution in [0.25, 0.3) is 0 Å². The summed E-state index contributed by atoms with van der Waals surface area (Å²) in [6.07, 6.45) is -1.45. The van der Waals surface area contributed by atoms with E-state index in [9.17, 15) is 4.79 Å². The Labute approximate surface area is 88.3 Å². The van der Waals surface area contributed by atoms with E-state index in [1.165, 1.54) is 0 Å². The minimum Gasteiger partial charge on any atom is -0.446 e. The average Bonchev–Trinajstić information content (AvgIpc) is 2.15. The molecule has 0 aliphatic carbocycles. The number of ether oxygens (including phenoxy) is 1. The minimum absolute atomic E-state index is 0.158. The largest absolute Gasteiger partial charge is 0.446 e. The zero-order valence-corrected chi connectivity index (χ0v) is 7.99. The number of rotatable bonds is 3. The summed E-state index contributed by atoms with van der Waals surface area (Å²) in [5.41, 5.74) is 0.610. The van der Waals surface area contributed by atoms with E-state index in [0.29, 0.717) is 5.69 Å². The van der Waals surface area contributed by atoms with Gasteiger partial charge in [-0.05, 0) is 25.5 Å². The fourth-order valence-electron chi connectivity index (χ4n) is 0.893. The van der Waals surface area contributed by atoms with Crippen molar-refractivity contribution < 1.29 is 13.6 Å². The van der Waals surface area contributed by atoms with Crippen LogP contribution in [0.1, 0.15) is 24.3 Å². The van der Waals surface area contributed by atoms with Crippen molar-refractivity contribution in [3.8, 4) is 0 Å². The van der Waals surface area contributed by atoms with Crippen molar-refractivity contribution in [1.82, 2.24) is 0 Å². The molecular weight excluding hydrogens is 178 g/mol. The van der Waals surface area contributed by atoms with Gasteiger partial charge in [0.2, 0.25) is 0 Å². The van der Waals surface area contributed by atoms with Gasteiger partial charge >= 0.3 is 6.09 Å². The first kappa shape index (κ1) is 6.87. The zero-order valence-electron chi connectivity index (χ0n) is 11.0. The van der Waals surface area contributed by atoms with Crippen molar-refractivity contribution in [1.29, 1.82) is 0 Å². The summed E-state index contributed by atoms with van der Waals surface area (Å²) >= 11 is 0. The number of hydrogen-bond acceptors (Lipinski definition) is 2. The molecule has 0 spiro atoms. The first-order chi connectivity index (χ1) is 7.87. The van der Waals surface area contributed by atoms with Gasteiger partial charge in [0.1, 0.15) is 6.10 Å². The Morgan fingerprint density at radius 3 is 2.93 bits per heavy atom. The van der Waals surface area contributed by atoms with Crippen molar-refractivity contribution in [2.45, 2.75) is 26.3 Å². The molecule has 3 heteroatoms. The van der Waals surface area contributed by atoms with Crippen LogP contribution in [-0.2, 0) is 4.74 Å². The molecule has 1 rings (SSSR count). The Kier molecular flexibility index (Phi) is 2.59. The molecule has 1 atom stereocenters. The second-order valence-electron chi connectivity index (χ2n) is 2.91. The highest BCUT2D eigenvalue weighted by molar-refractivity contribution is 5.84. The number of hydrogen-bond donors (Lipinski definition) is 1. The van der Waals surface area contributed by atoms with E-state index in [1.54, 1.807) is 31.2 Å². The fraction of sp³-hybridized carbons (Fsp3) is 0.364. The Balaban J connectivity index is 2.40. The summed E-state index contributed by atoms with van der Waals surface area (Å²) in [4.78, 5) is 11.4. The molecule has 0 bridgehead atoms. The summed E-state index contributed by atoms with van der Waals surface area (Å²) in [5, 5.41) is 2.51. The van der Waals surface area contributed by atoms with E-state index < -0.39 is 19.0 Å². The molecular formula is C11H15NO2. The SMILES string of the molecule is [2H]C([2H])([2H])CC(C)OC(=O)Nc1ccccc1. The molecule has 1 amide bonds. The summed E-state index contributed by atoms with van der Waals surface area (Å²) in [6, 6.07) is 8.82. The first-order valence-electron chi connectivity index (χ1n) is 5.89. The third-order valence-corrected chi connectivity index (χ3v) is 1.62. The standard InChI is InChI=1S/C11H15NO2/c1-3-9(2)14-11(13)12-10-7-5-4-6-8-10/h4-9H,3H2,1-2H3,(H,12,13)/i1D3. The molecule has 1 unspecified atom stereocenters. The maximum Gasteiger partial charge on any atom is 0.411 e. The molecule has 1 N–H and O–H groups in total. The van der Waals surface area contributed by atoms with Gasteiger partial charge in [-0.15, -0.1) is 0 Å². The van der Waals surface area contributed by atoms with Gasteiger partial charge in [-0.3, -0.25) is 5.32 Å². The second-order valence-corrected chi connectivity index (χ2v) is 2.91. The number of anilines is 1. The Morgan fingerprint density at radius 2 is 2.29 bits per heavy atom. The normalized spacial score (nSPS) is 15.9. The van der Waals surface area contributed by atoms with Gasteiger partial charge in [0.05, 0.1) is 0 Å². The van der Waals surface area contributed by atoms with E-state index in [4.69, 9.17) is 8.85 Å². The van der Waals surface area contributed by atoms with E-state index in [-0.39, 0.29) is 6.42 Å². The summed E-state index contributed by atoms with van der Waals surface area (Å²) in [6.45, 7) is -0.538. The lowest BCUT2D eigenvalue weighted by Crippen LogP contribution is -2.19. The van der Waals surface area contributed by atoms with Gasteiger partial charge < -0.3 is 4.74 Å². The van der Waals surface area contributed by atoms with Crippen LogP contribution >= 0.6 is 0 Å². The number of carbonyl (C=O) groups excluding carboxylic acids is 1. The highest BCUT2D eigenvalue weighted by Crippen LogP contribution is 2.06. The molecule has 3 nitrogen and oxygen atoms in total. The first-order valence-corrected chi connectivity index (χ1v) is 4.39. The fourth-order valence-corrected chi connectivity index (χ4v) is 0.893. The van der Waals surface area contributed by atoms with Crippen LogP contribution < -0.4 is 5.32 Å². The Hall–Kier alpha value is -1.51. The van der Waals surface area contributed by atoms with Crippen molar-refractivity contribution in [3.63, 3.8) is 0 Å². The third kappa shape index (κ3) is 3.47. The van der Waals surface area contributed by atoms with Crippen LogP contribution in [0, 0.1) is 0 Å². The molecule has 0 saturated carbocycles. The molecule has 0 fully saturated rings. The lowest BCUT2D eigenvalue weighted by molar-refractivity contribution is 0.118. The van der Waals surface area contributed by atoms with Crippen LogP contribution in [0.15, 0.2) is 30.3 Å². The van der Waals surface area contributed by atoms with Crippen LogP contribution in [0.2, 0.25) is 0 Å². The number of para-hydroxylation sites is 1. The van der Waals surface area contributed by atoms with Crippen molar-refractivity contribution >= 4 is 11.8 Å². The van der Waals surface area contributed by atoms with E-state index in [2.05, 4.69) is 5.32 Å². The van der Waals surface area contributed by atoms with Crippen molar-refractivity contribution in [2.75, 3.05) is 5.32 Å². The van der Waals surface area contributed by atoms with Crippen molar-refractivity contribution in [3.05, 3.63) is 30.3 Å². The van der Waals surface area contributed by atoms with Crippen LogP contribution in [0.5, 0.6) is 0 Å². The van der Waals surface area contributed by atoms with Crippen molar-refractivity contribution in [2.24, 2.45) is 0 Å². The highest BCUT2D eigenvalue weighted by Gasteiger charge is 2.06. The van der Waals surface area contributed by atoms with Gasteiger partial charge in [-0.1, -0.05) is 25.1 Å². The van der Waals surface area contributed by atoms with Gasteiger partial charge in [0, 0.05) is 9.80 Å². The van der Waals surface area contributed by atoms with E-state index in [1.807, 2.05) is 6.07 Å². The third-order valence-electron chi connectivity index (χ3n) is 1.62. The van der Waals surface area contributed by atoms with Gasteiger partial charge in [-0.25, -0.2) is 4.79 Å². The molecule has 0 saturated heterocycles. The maximum atomic E-state index is 11.4. The lowest BCUT2D eigenvalue weighted by Gasteiger charge is -2.11. The van der Waals surface area contributed by atoms with Crippen LogP contribution in [-0.4, -0.2) is 12.2 Å². The average molecular weight is 196 g/mol. The molecule has 0 aliphatic heterocycles. The van der Waals surface area contributed by atoms with Crippen LogP contribution in [0.4, 0.5) is 10.5 Å². The quantitative estimate of drug-likeness (QED) is 0.807. The molecule has 0 aliphatic rings. The van der Waals surface area contributed by atoms with Gasteiger partial charge in [-0.2, -0.15) is 0 Å². The molecule has 14 heavy (non-hydrogen) atoms. The second kappa shape index (κ2) is 5.27. The minimum atomic E-state index is -2.09. The molecule has 1 aromatic rings. The summed E-state index contributed by atoms with van der Waals surface area (Å²) < 4.78 is 26.1.